The molecule has 0 saturated heterocycles. The molecule has 0 saturated carbocycles. The molecule has 0 radical (unpaired) electrons. The Bertz CT molecular complexity index is 1260. The van der Waals surface area contributed by atoms with Crippen LogP contribution >= 0.6 is 11.6 Å². The van der Waals surface area contributed by atoms with Gasteiger partial charge in [-0.1, -0.05) is 11.6 Å². The fourth-order valence-corrected chi connectivity index (χ4v) is 3.08. The highest BCUT2D eigenvalue weighted by Gasteiger charge is 2.20. The third kappa shape index (κ3) is 3.06. The second-order valence-electron chi connectivity index (χ2n) is 6.11. The Balaban J connectivity index is 1.69. The molecule has 0 spiro atoms. The van der Waals surface area contributed by atoms with Gasteiger partial charge in [0.2, 0.25) is 0 Å². The van der Waals surface area contributed by atoms with E-state index >= 15 is 0 Å². The van der Waals surface area contributed by atoms with Crippen LogP contribution in [0.4, 0.5) is 0 Å². The van der Waals surface area contributed by atoms with E-state index in [1.807, 2.05) is 6.92 Å². The number of fused-ring (bicyclic) bond motifs is 2. The third-order valence-corrected chi connectivity index (χ3v) is 4.65. The molecular formula is C19H14ClN3O4. The summed E-state index contributed by atoms with van der Waals surface area (Å²) in [5.41, 5.74) is 2.38. The van der Waals surface area contributed by atoms with Gasteiger partial charge in [-0.2, -0.15) is 5.10 Å². The first-order valence-corrected chi connectivity index (χ1v) is 8.52. The molecule has 0 amide bonds. The lowest BCUT2D eigenvalue weighted by atomic mass is 10.1. The summed E-state index contributed by atoms with van der Waals surface area (Å²) in [5.74, 6) is -0.569. The number of halogens is 1. The largest absolute Gasteiger partial charge is 0.457 e. The molecule has 3 heterocycles. The zero-order valence-electron chi connectivity index (χ0n) is 14.5. The molecule has 3 aromatic heterocycles. The van der Waals surface area contributed by atoms with Gasteiger partial charge in [-0.3, -0.25) is 0 Å². The first kappa shape index (κ1) is 17.2. The van der Waals surface area contributed by atoms with Gasteiger partial charge < -0.3 is 9.15 Å². The fraction of sp³-hybridized carbons (Fsp3) is 0.158. The van der Waals surface area contributed by atoms with Crippen LogP contribution in [0, 0.1) is 13.8 Å². The van der Waals surface area contributed by atoms with Crippen molar-refractivity contribution in [3.05, 3.63) is 74.5 Å². The van der Waals surface area contributed by atoms with E-state index in [1.54, 1.807) is 37.5 Å². The van der Waals surface area contributed by atoms with Crippen LogP contribution in [-0.4, -0.2) is 20.6 Å². The van der Waals surface area contributed by atoms with E-state index in [1.165, 1.54) is 10.6 Å². The van der Waals surface area contributed by atoms with Crippen LogP contribution in [0.25, 0.3) is 16.6 Å². The summed E-state index contributed by atoms with van der Waals surface area (Å²) in [7, 11) is 0. The van der Waals surface area contributed by atoms with Crippen molar-refractivity contribution in [1.82, 2.24) is 14.6 Å². The van der Waals surface area contributed by atoms with Crippen molar-refractivity contribution < 1.29 is 13.9 Å². The van der Waals surface area contributed by atoms with Gasteiger partial charge in [-0.05, 0) is 37.6 Å². The minimum absolute atomic E-state index is 0.107. The number of benzene rings is 1. The normalized spacial score (nSPS) is 11.2. The first-order chi connectivity index (χ1) is 12.9. The maximum atomic E-state index is 12.6. The smallest absolute Gasteiger partial charge is 0.344 e. The van der Waals surface area contributed by atoms with Gasteiger partial charge in [0.25, 0.3) is 0 Å². The van der Waals surface area contributed by atoms with Crippen LogP contribution in [0.2, 0.25) is 5.02 Å². The van der Waals surface area contributed by atoms with Crippen molar-refractivity contribution in [1.29, 1.82) is 0 Å². The number of hydrogen-bond donors (Lipinski definition) is 0. The van der Waals surface area contributed by atoms with Crippen LogP contribution in [0.15, 0.2) is 45.9 Å². The average molecular weight is 384 g/mol. The van der Waals surface area contributed by atoms with Crippen LogP contribution in [0.1, 0.15) is 27.2 Å². The molecule has 0 aliphatic rings. The Morgan fingerprint density at radius 2 is 2.11 bits per heavy atom. The molecule has 0 unspecified atom stereocenters. The number of carbonyl (C=O) groups excluding carboxylic acids is 1. The number of carbonyl (C=O) groups is 1. The molecule has 0 aliphatic heterocycles. The lowest BCUT2D eigenvalue weighted by Crippen LogP contribution is -2.09. The maximum absolute atomic E-state index is 12.6. The van der Waals surface area contributed by atoms with Crippen LogP contribution in [0.3, 0.4) is 0 Å². The van der Waals surface area contributed by atoms with Crippen molar-refractivity contribution in [2.75, 3.05) is 0 Å². The van der Waals surface area contributed by atoms with Crippen LogP contribution in [0.5, 0.6) is 0 Å². The Morgan fingerprint density at radius 1 is 1.30 bits per heavy atom. The fourth-order valence-electron chi connectivity index (χ4n) is 2.92. The number of aromatic nitrogens is 3. The van der Waals surface area contributed by atoms with Gasteiger partial charge in [0.05, 0.1) is 5.69 Å². The number of ether oxygens (including phenoxy) is 1. The van der Waals surface area contributed by atoms with Crippen LogP contribution < -0.4 is 5.63 Å². The lowest BCUT2D eigenvalue weighted by molar-refractivity contribution is 0.0475. The van der Waals surface area contributed by atoms with E-state index in [9.17, 15) is 9.59 Å². The predicted octanol–water partition coefficient (Wildman–Crippen LogP) is 3.46. The Hall–Kier alpha value is -3.19. The van der Waals surface area contributed by atoms with Gasteiger partial charge in [0.15, 0.2) is 5.65 Å². The second kappa shape index (κ2) is 6.51. The highest BCUT2D eigenvalue weighted by molar-refractivity contribution is 6.32. The van der Waals surface area contributed by atoms with E-state index in [0.717, 1.165) is 5.56 Å². The number of aryl methyl sites for hydroxylation is 2. The summed E-state index contributed by atoms with van der Waals surface area (Å²) >= 11 is 6.18. The van der Waals surface area contributed by atoms with E-state index < -0.39 is 11.6 Å². The first-order valence-electron chi connectivity index (χ1n) is 8.14. The second-order valence-corrected chi connectivity index (χ2v) is 6.52. The van der Waals surface area contributed by atoms with E-state index in [-0.39, 0.29) is 12.2 Å². The molecule has 27 heavy (non-hydrogen) atoms. The summed E-state index contributed by atoms with van der Waals surface area (Å²) in [5, 5.41) is 5.40. The molecule has 4 aromatic rings. The zero-order chi connectivity index (χ0) is 19.1. The Kier molecular flexibility index (Phi) is 4.16. The zero-order valence-corrected chi connectivity index (χ0v) is 15.3. The highest BCUT2D eigenvalue weighted by atomic mass is 35.5. The molecule has 0 N–H and O–H groups in total. The van der Waals surface area contributed by atoms with Crippen molar-refractivity contribution in [2.45, 2.75) is 20.5 Å². The minimum atomic E-state index is -0.569. The maximum Gasteiger partial charge on any atom is 0.344 e. The number of esters is 1. The molecular weight excluding hydrogens is 370 g/mol. The molecule has 0 atom stereocenters. The predicted molar refractivity (Wildman–Crippen MR) is 99.1 cm³/mol. The minimum Gasteiger partial charge on any atom is -0.457 e. The van der Waals surface area contributed by atoms with Crippen LogP contribution in [-0.2, 0) is 11.3 Å². The lowest BCUT2D eigenvalue weighted by Gasteiger charge is -2.08. The van der Waals surface area contributed by atoms with Crippen molar-refractivity contribution in [3.63, 3.8) is 0 Å². The van der Waals surface area contributed by atoms with E-state index in [4.69, 9.17) is 20.8 Å². The standard InChI is InChI=1S/C19H14ClN3O4/c1-10-6-15-13(8-14(10)20)12(7-16(24)27-15)9-26-19(25)17-11(2)22-23-5-3-4-21-18(17)23/h3-8H,9H2,1-2H3. The number of nitrogens with zero attached hydrogens (tertiary/aromatic N) is 3. The van der Waals surface area contributed by atoms with E-state index in [2.05, 4.69) is 10.1 Å². The molecule has 4 rings (SSSR count). The average Bonchev–Trinajstić information content (AvgIpc) is 2.96. The van der Waals surface area contributed by atoms with Gasteiger partial charge >= 0.3 is 11.6 Å². The molecule has 1 aromatic carbocycles. The Labute approximate surface area is 158 Å². The summed E-state index contributed by atoms with van der Waals surface area (Å²) in [6.07, 6.45) is 3.28. The summed E-state index contributed by atoms with van der Waals surface area (Å²) in [4.78, 5) is 28.6. The Morgan fingerprint density at radius 3 is 2.93 bits per heavy atom. The van der Waals surface area contributed by atoms with Gasteiger partial charge in [0, 0.05) is 34.4 Å². The molecule has 136 valence electrons. The monoisotopic (exact) mass is 383 g/mol. The summed E-state index contributed by atoms with van der Waals surface area (Å²) < 4.78 is 12.2. The van der Waals surface area contributed by atoms with Crippen molar-refractivity contribution >= 4 is 34.2 Å². The van der Waals surface area contributed by atoms with Crippen molar-refractivity contribution in [3.8, 4) is 0 Å². The quantitative estimate of drug-likeness (QED) is 0.397. The van der Waals surface area contributed by atoms with Gasteiger partial charge in [-0.15, -0.1) is 0 Å². The van der Waals surface area contributed by atoms with Gasteiger partial charge in [0.1, 0.15) is 17.8 Å². The molecule has 0 bridgehead atoms. The number of hydrogen-bond acceptors (Lipinski definition) is 6. The SMILES string of the molecule is Cc1cc2oc(=O)cc(COC(=O)c3c(C)nn4cccnc34)c2cc1Cl. The van der Waals surface area contributed by atoms with E-state index in [0.29, 0.717) is 32.9 Å². The third-order valence-electron chi connectivity index (χ3n) is 4.24. The summed E-state index contributed by atoms with van der Waals surface area (Å²) in [6.45, 7) is 3.42. The summed E-state index contributed by atoms with van der Waals surface area (Å²) in [6, 6.07) is 6.39. The topological polar surface area (TPSA) is 86.7 Å². The molecule has 8 heteroatoms. The number of rotatable bonds is 3. The van der Waals surface area contributed by atoms with Gasteiger partial charge in [-0.25, -0.2) is 19.1 Å². The molecule has 0 aliphatic carbocycles. The molecule has 7 nitrogen and oxygen atoms in total. The highest BCUT2D eigenvalue weighted by Crippen LogP contribution is 2.26. The van der Waals surface area contributed by atoms with Crippen molar-refractivity contribution in [2.24, 2.45) is 0 Å². The molecule has 0 fully saturated rings.